The maximum absolute atomic E-state index is 13.3. The van der Waals surface area contributed by atoms with Gasteiger partial charge in [-0.05, 0) is 102 Å². The lowest BCUT2D eigenvalue weighted by Gasteiger charge is -2.41. The highest BCUT2D eigenvalue weighted by molar-refractivity contribution is 6.74. The molecule has 414 valence electrons. The number of H-pyrrole nitrogens is 1. The van der Waals surface area contributed by atoms with Gasteiger partial charge in [0, 0.05) is 88.4 Å². The summed E-state index contributed by atoms with van der Waals surface area (Å²) < 4.78 is 19.6. The van der Waals surface area contributed by atoms with E-state index in [2.05, 4.69) is 95.7 Å². The first kappa shape index (κ1) is 57.8. The predicted octanol–water partition coefficient (Wildman–Crippen LogP) is 12.9. The Kier molecular flexibility index (Phi) is 20.1. The number of benzene rings is 6. The molecule has 1 fully saturated rings. The normalized spacial score (nSPS) is 13.7. The van der Waals surface area contributed by atoms with Gasteiger partial charge in [0.15, 0.2) is 8.32 Å². The standard InChI is InChI=1S/C65H78N6O7Si/c1-65(2,3)79(5,6)78-59(55-31-33-58(63-56(55)32-34-61(73)68-63)76-47-50-22-12-8-13-23-50)46-71(45-49-20-10-7-11-21-49)40-35-48-24-18-27-52(44-48)66-60(72)30-19-39-69(4)62(74)38-43-70-41-36-53(37-42-70)77-64(75)67-57-29-17-16-28-54(57)51-25-14-9-15-26-51/h7-18,20-29,31-34,44,53,59H,19,30,35-43,45-47H2,1-6H3,(H,66,72)(H,67,75)(H,68,73)/t59-/m0/s1. The number of hydrogen-bond acceptors (Lipinski definition) is 9. The molecule has 0 spiro atoms. The Labute approximate surface area is 467 Å². The van der Waals surface area contributed by atoms with Crippen LogP contribution in [0, 0.1) is 0 Å². The number of aromatic nitrogens is 1. The number of nitrogens with one attached hydrogen (secondary N) is 3. The van der Waals surface area contributed by atoms with Crippen molar-refractivity contribution in [3.63, 3.8) is 0 Å². The Hall–Kier alpha value is -7.36. The van der Waals surface area contributed by atoms with E-state index in [1.807, 2.05) is 121 Å². The molecule has 1 aromatic heterocycles. The summed E-state index contributed by atoms with van der Waals surface area (Å²) in [5.74, 6) is 0.545. The van der Waals surface area contributed by atoms with Gasteiger partial charge >= 0.3 is 6.09 Å². The number of aromatic amines is 1. The summed E-state index contributed by atoms with van der Waals surface area (Å²) in [6.45, 7) is 16.3. The van der Waals surface area contributed by atoms with Crippen LogP contribution in [-0.4, -0.2) is 98.3 Å². The zero-order valence-corrected chi connectivity index (χ0v) is 47.8. The van der Waals surface area contributed by atoms with E-state index in [-0.39, 0.29) is 41.0 Å². The number of fused-ring (bicyclic) bond motifs is 1. The number of para-hydroxylation sites is 1. The van der Waals surface area contributed by atoms with E-state index in [4.69, 9.17) is 13.9 Å². The highest BCUT2D eigenvalue weighted by Gasteiger charge is 2.40. The Morgan fingerprint density at radius 3 is 2.14 bits per heavy atom. The van der Waals surface area contributed by atoms with Gasteiger partial charge in [-0.1, -0.05) is 148 Å². The molecule has 1 aliphatic rings. The first-order valence-electron chi connectivity index (χ1n) is 27.8. The van der Waals surface area contributed by atoms with Crippen molar-refractivity contribution in [2.45, 2.75) is 103 Å². The van der Waals surface area contributed by atoms with Gasteiger partial charge in [-0.2, -0.15) is 0 Å². The minimum absolute atomic E-state index is 0.0360. The third-order valence-corrected chi connectivity index (χ3v) is 19.8. The smallest absolute Gasteiger partial charge is 0.411 e. The van der Waals surface area contributed by atoms with Gasteiger partial charge in [-0.25, -0.2) is 4.79 Å². The second-order valence-electron chi connectivity index (χ2n) is 22.3. The average Bonchev–Trinajstić information content (AvgIpc) is 3.57. The zero-order chi connectivity index (χ0) is 55.8. The third kappa shape index (κ3) is 16.8. The number of carbonyl (C=O) groups is 3. The van der Waals surface area contributed by atoms with E-state index >= 15 is 0 Å². The van der Waals surface area contributed by atoms with Crippen LogP contribution in [0.15, 0.2) is 169 Å². The van der Waals surface area contributed by atoms with E-state index in [1.165, 1.54) is 5.56 Å². The van der Waals surface area contributed by atoms with Crippen LogP contribution < -0.4 is 20.9 Å². The molecule has 3 amide bonds. The molecular weight excluding hydrogens is 1000 g/mol. The van der Waals surface area contributed by atoms with Crippen molar-refractivity contribution in [1.29, 1.82) is 0 Å². The maximum Gasteiger partial charge on any atom is 0.411 e. The van der Waals surface area contributed by atoms with Crippen molar-refractivity contribution in [3.8, 4) is 16.9 Å². The number of pyridine rings is 1. The molecule has 0 aliphatic carbocycles. The molecule has 1 saturated heterocycles. The molecule has 8 rings (SSSR count). The monoisotopic (exact) mass is 1080 g/mol. The van der Waals surface area contributed by atoms with Gasteiger partial charge in [0.25, 0.3) is 0 Å². The predicted molar refractivity (Wildman–Crippen MR) is 320 cm³/mol. The molecule has 13 nitrogen and oxygen atoms in total. The molecule has 0 unspecified atom stereocenters. The fraction of sp³-hybridized carbons (Fsp3) is 0.354. The van der Waals surface area contributed by atoms with Gasteiger partial charge in [0.1, 0.15) is 18.5 Å². The fourth-order valence-electron chi connectivity index (χ4n) is 9.79. The zero-order valence-electron chi connectivity index (χ0n) is 46.8. The molecule has 3 N–H and O–H groups in total. The Morgan fingerprint density at radius 2 is 1.42 bits per heavy atom. The number of amides is 3. The molecule has 0 bridgehead atoms. The van der Waals surface area contributed by atoms with Crippen molar-refractivity contribution >= 4 is 48.5 Å². The molecule has 79 heavy (non-hydrogen) atoms. The number of carbonyl (C=O) groups excluding carboxylic acids is 3. The second kappa shape index (κ2) is 27.5. The van der Waals surface area contributed by atoms with Crippen LogP contribution in [0.3, 0.4) is 0 Å². The van der Waals surface area contributed by atoms with E-state index in [9.17, 15) is 19.2 Å². The number of hydrogen-bond donors (Lipinski definition) is 3. The molecule has 0 radical (unpaired) electrons. The lowest BCUT2D eigenvalue weighted by molar-refractivity contribution is -0.130. The van der Waals surface area contributed by atoms with E-state index in [0.29, 0.717) is 82.0 Å². The fourth-order valence-corrected chi connectivity index (χ4v) is 11.1. The lowest BCUT2D eigenvalue weighted by Crippen LogP contribution is -2.44. The van der Waals surface area contributed by atoms with Crippen LogP contribution in [0.25, 0.3) is 22.0 Å². The van der Waals surface area contributed by atoms with Crippen LogP contribution in [0.5, 0.6) is 5.75 Å². The molecule has 7 aromatic rings. The number of likely N-dealkylation sites (tertiary alicyclic amines) is 1. The molecule has 1 aliphatic heterocycles. The Bertz CT molecular complexity index is 3160. The van der Waals surface area contributed by atoms with Crippen LogP contribution in [0.1, 0.15) is 81.2 Å². The molecule has 1 atom stereocenters. The van der Waals surface area contributed by atoms with Crippen LogP contribution >= 0.6 is 0 Å². The third-order valence-electron chi connectivity index (χ3n) is 15.3. The minimum atomic E-state index is -2.35. The summed E-state index contributed by atoms with van der Waals surface area (Å²) in [6.07, 6.45) is 2.32. The topological polar surface area (TPSA) is 146 Å². The lowest BCUT2D eigenvalue weighted by atomic mass is 10.0. The quantitative estimate of drug-likeness (QED) is 0.0504. The molecular formula is C65H78N6O7Si. The first-order valence-corrected chi connectivity index (χ1v) is 30.7. The summed E-state index contributed by atoms with van der Waals surface area (Å²) in [7, 11) is -0.554. The van der Waals surface area contributed by atoms with Gasteiger partial charge < -0.3 is 34.0 Å². The molecule has 2 heterocycles. The number of ether oxygens (including phenoxy) is 2. The van der Waals surface area contributed by atoms with Crippen LogP contribution in [-0.2, 0) is 38.3 Å². The van der Waals surface area contributed by atoms with E-state index < -0.39 is 14.4 Å². The minimum Gasteiger partial charge on any atom is -0.487 e. The number of anilines is 2. The molecule has 0 saturated carbocycles. The number of rotatable bonds is 24. The van der Waals surface area contributed by atoms with Gasteiger partial charge in [0.2, 0.25) is 17.4 Å². The van der Waals surface area contributed by atoms with E-state index in [1.54, 1.807) is 18.0 Å². The van der Waals surface area contributed by atoms with Crippen molar-refractivity contribution < 1.29 is 28.3 Å². The van der Waals surface area contributed by atoms with Gasteiger partial charge in [-0.15, -0.1) is 0 Å². The highest BCUT2D eigenvalue weighted by atomic mass is 28.4. The Balaban J connectivity index is 0.826. The van der Waals surface area contributed by atoms with Crippen molar-refractivity contribution in [3.05, 3.63) is 196 Å². The maximum atomic E-state index is 13.3. The summed E-state index contributed by atoms with van der Waals surface area (Å²) in [4.78, 5) is 61.8. The largest absolute Gasteiger partial charge is 0.487 e. The highest BCUT2D eigenvalue weighted by Crippen LogP contribution is 2.42. The summed E-state index contributed by atoms with van der Waals surface area (Å²) in [5, 5.41) is 6.87. The molecule has 14 heteroatoms. The molecule has 6 aromatic carbocycles. The van der Waals surface area contributed by atoms with Gasteiger partial charge in [-0.3, -0.25) is 24.6 Å². The average molecular weight is 1080 g/mol. The van der Waals surface area contributed by atoms with Crippen LogP contribution in [0.4, 0.5) is 16.2 Å². The Morgan fingerprint density at radius 1 is 0.747 bits per heavy atom. The SMILES string of the molecule is CN(CCCC(=O)Nc1cccc(CCN(Cc2ccccc2)C[C@H](O[Si](C)(C)C(C)(C)C)c2ccc(OCc3ccccc3)c3[nH]c(=O)ccc23)c1)C(=O)CCN1CCC(OC(=O)Nc2ccccc2-c2ccccc2)CC1. The number of piperidine rings is 1. The second-order valence-corrected chi connectivity index (χ2v) is 27.0. The van der Waals surface area contributed by atoms with Gasteiger partial charge in [0.05, 0.1) is 17.3 Å². The van der Waals surface area contributed by atoms with E-state index in [0.717, 1.165) is 58.4 Å². The van der Waals surface area contributed by atoms with Crippen molar-refractivity contribution in [1.82, 2.24) is 19.7 Å². The summed E-state index contributed by atoms with van der Waals surface area (Å²) >= 11 is 0. The first-order chi connectivity index (χ1) is 38.1. The summed E-state index contributed by atoms with van der Waals surface area (Å²) in [6, 6.07) is 53.7. The summed E-state index contributed by atoms with van der Waals surface area (Å²) in [5.41, 5.74) is 8.14. The van der Waals surface area contributed by atoms with Crippen molar-refractivity contribution in [2.75, 3.05) is 56.9 Å². The number of nitrogens with zero attached hydrogens (tertiary/aromatic N) is 3. The van der Waals surface area contributed by atoms with Crippen LogP contribution in [0.2, 0.25) is 18.1 Å². The van der Waals surface area contributed by atoms with Crippen molar-refractivity contribution in [2.24, 2.45) is 0 Å².